The van der Waals surface area contributed by atoms with Crippen molar-refractivity contribution in [1.29, 1.82) is 0 Å². The van der Waals surface area contributed by atoms with Crippen molar-refractivity contribution < 1.29 is 4.79 Å². The lowest BCUT2D eigenvalue weighted by Crippen LogP contribution is -2.32. The molecular formula is C10H15N4O3-. The summed E-state index contributed by atoms with van der Waals surface area (Å²) in [6, 6.07) is 2.52. The molecule has 0 atom stereocenters. The second kappa shape index (κ2) is 5.90. The Morgan fingerprint density at radius 3 is 2.82 bits per heavy atom. The molecule has 94 valence electrons. The van der Waals surface area contributed by atoms with Crippen molar-refractivity contribution in [1.82, 2.24) is 20.1 Å². The number of H-pyrrole nitrogens is 1. The zero-order chi connectivity index (χ0) is 12.8. The van der Waals surface area contributed by atoms with E-state index in [1.54, 1.807) is 0 Å². The van der Waals surface area contributed by atoms with Crippen LogP contribution in [0.5, 0.6) is 0 Å². The number of aromatic amines is 1. The van der Waals surface area contributed by atoms with Gasteiger partial charge in [-0.15, -0.1) is 0 Å². The van der Waals surface area contributed by atoms with Crippen LogP contribution in [0.25, 0.3) is 0 Å². The topological polar surface area (TPSA) is 97.3 Å². The van der Waals surface area contributed by atoms with Crippen molar-refractivity contribution in [2.24, 2.45) is 0 Å². The van der Waals surface area contributed by atoms with Crippen LogP contribution < -0.4 is 15.6 Å². The molecule has 7 nitrogen and oxygen atoms in total. The fourth-order valence-electron chi connectivity index (χ4n) is 1.19. The SMILES string of the molecule is CN(C)CCNC(=O)c1cc(=[N+]([O-])[O-])cc[nH]1. The number of amides is 1. The van der Waals surface area contributed by atoms with E-state index in [0.29, 0.717) is 13.1 Å². The minimum Gasteiger partial charge on any atom is -0.612 e. The molecule has 0 bridgehead atoms. The van der Waals surface area contributed by atoms with Crippen LogP contribution in [-0.2, 0) is 0 Å². The van der Waals surface area contributed by atoms with Crippen LogP contribution in [0.15, 0.2) is 18.3 Å². The molecular weight excluding hydrogens is 224 g/mol. The standard InChI is InChI=1S/C10H15N4O3/c1-13(2)6-5-12-10(15)9-7-8(14(16)17)3-4-11-9/h3-4,7,11H,5-6H2,1-2H3,(H-,12,15,16,17)/q-1. The van der Waals surface area contributed by atoms with Gasteiger partial charge in [-0.05, 0) is 14.1 Å². The monoisotopic (exact) mass is 239 g/mol. The van der Waals surface area contributed by atoms with Crippen LogP contribution in [0.2, 0.25) is 0 Å². The van der Waals surface area contributed by atoms with Gasteiger partial charge >= 0.3 is 0 Å². The normalized spacial score (nSPS) is 10.3. The Labute approximate surface area is 98.5 Å². The first kappa shape index (κ1) is 13.0. The first-order valence-electron chi connectivity index (χ1n) is 5.10. The molecule has 1 rings (SSSR count). The van der Waals surface area contributed by atoms with E-state index in [4.69, 9.17) is 0 Å². The van der Waals surface area contributed by atoms with Gasteiger partial charge in [0, 0.05) is 31.4 Å². The Bertz CT molecular complexity index is 449. The van der Waals surface area contributed by atoms with Gasteiger partial charge < -0.3 is 25.6 Å². The van der Waals surface area contributed by atoms with Crippen LogP contribution >= 0.6 is 0 Å². The molecule has 0 saturated carbocycles. The molecule has 0 aliphatic rings. The van der Waals surface area contributed by atoms with Crippen LogP contribution in [0.3, 0.4) is 0 Å². The molecule has 1 amide bonds. The third kappa shape index (κ3) is 4.15. The fraction of sp³-hybridized carbons (Fsp3) is 0.400. The number of nitrogens with zero attached hydrogens (tertiary/aromatic N) is 2. The van der Waals surface area contributed by atoms with E-state index >= 15 is 0 Å². The second-order valence-corrected chi connectivity index (χ2v) is 3.78. The van der Waals surface area contributed by atoms with Crippen LogP contribution in [0, 0.1) is 10.4 Å². The average Bonchev–Trinajstić information content (AvgIpc) is 2.28. The number of nitrogens with one attached hydrogen (secondary N) is 2. The minimum atomic E-state index is -0.537. The first-order chi connectivity index (χ1) is 8.00. The van der Waals surface area contributed by atoms with E-state index in [0.717, 1.165) is 0 Å². The number of carbonyl (C=O) groups is 1. The van der Waals surface area contributed by atoms with Gasteiger partial charge in [-0.3, -0.25) is 4.79 Å². The maximum absolute atomic E-state index is 11.6. The van der Waals surface area contributed by atoms with Crippen molar-refractivity contribution in [3.8, 4) is 0 Å². The molecule has 1 aromatic rings. The number of rotatable bonds is 4. The lowest BCUT2D eigenvalue weighted by molar-refractivity contribution is 0.0946. The summed E-state index contributed by atoms with van der Waals surface area (Å²) < 4.78 is 0. The largest absolute Gasteiger partial charge is 0.612 e. The van der Waals surface area contributed by atoms with Gasteiger partial charge in [0.1, 0.15) is 5.69 Å². The fourth-order valence-corrected chi connectivity index (χ4v) is 1.19. The maximum Gasteiger partial charge on any atom is 0.267 e. The third-order valence-corrected chi connectivity index (χ3v) is 2.09. The summed E-state index contributed by atoms with van der Waals surface area (Å²) in [6.45, 7) is 1.20. The quantitative estimate of drug-likeness (QED) is 0.663. The number of carbonyl (C=O) groups excluding carboxylic acids is 1. The highest BCUT2D eigenvalue weighted by Crippen LogP contribution is 1.88. The summed E-state index contributed by atoms with van der Waals surface area (Å²) in [5, 5.41) is 23.6. The minimum absolute atomic E-state index is 0.110. The molecule has 0 fully saturated rings. The van der Waals surface area contributed by atoms with E-state index in [1.807, 2.05) is 19.0 Å². The Balaban J connectivity index is 2.70. The zero-order valence-electron chi connectivity index (χ0n) is 9.77. The van der Waals surface area contributed by atoms with Gasteiger partial charge in [-0.1, -0.05) is 0 Å². The number of aromatic nitrogens is 1. The summed E-state index contributed by atoms with van der Waals surface area (Å²) >= 11 is 0. The molecule has 1 heterocycles. The van der Waals surface area contributed by atoms with Crippen LogP contribution in [-0.4, -0.2) is 43.0 Å². The molecule has 0 saturated heterocycles. The molecule has 0 aliphatic heterocycles. The molecule has 0 radical (unpaired) electrons. The summed E-state index contributed by atoms with van der Waals surface area (Å²) in [5.74, 6) is -0.351. The zero-order valence-corrected chi connectivity index (χ0v) is 9.77. The highest BCUT2D eigenvalue weighted by atomic mass is 16.8. The van der Waals surface area contributed by atoms with Gasteiger partial charge in [0.05, 0.1) is 0 Å². The van der Waals surface area contributed by atoms with Crippen molar-refractivity contribution in [3.63, 3.8) is 0 Å². The van der Waals surface area contributed by atoms with E-state index in [1.165, 1.54) is 18.3 Å². The van der Waals surface area contributed by atoms with Crippen molar-refractivity contribution in [3.05, 3.63) is 39.8 Å². The molecule has 0 aromatic carbocycles. The highest BCUT2D eigenvalue weighted by Gasteiger charge is 2.06. The molecule has 1 aromatic heterocycles. The van der Waals surface area contributed by atoms with Crippen LogP contribution in [0.1, 0.15) is 10.5 Å². The summed E-state index contributed by atoms with van der Waals surface area (Å²) in [5.41, 5.74) is 0.179. The third-order valence-electron chi connectivity index (χ3n) is 2.09. The Morgan fingerprint density at radius 2 is 2.24 bits per heavy atom. The molecule has 7 heteroatoms. The summed E-state index contributed by atoms with van der Waals surface area (Å²) in [6.07, 6.45) is 1.37. The van der Waals surface area contributed by atoms with Gasteiger partial charge in [-0.2, -0.15) is 4.90 Å². The first-order valence-corrected chi connectivity index (χ1v) is 5.10. The van der Waals surface area contributed by atoms with Gasteiger partial charge in [0.2, 0.25) is 5.36 Å². The van der Waals surface area contributed by atoms with E-state index < -0.39 is 4.90 Å². The average molecular weight is 239 g/mol. The Hall–Kier alpha value is -2.02. The summed E-state index contributed by atoms with van der Waals surface area (Å²) in [4.78, 5) is 15.7. The molecule has 0 spiro atoms. The molecule has 0 unspecified atom stereocenters. The van der Waals surface area contributed by atoms with Crippen molar-refractivity contribution in [2.45, 2.75) is 0 Å². The van der Waals surface area contributed by atoms with Gasteiger partial charge in [-0.25, -0.2) is 0 Å². The maximum atomic E-state index is 11.6. The predicted octanol–water partition coefficient (Wildman–Crippen LogP) is -0.926. The number of likely N-dealkylation sites (N-methyl/N-ethyl adjacent to an activating group) is 1. The summed E-state index contributed by atoms with van der Waals surface area (Å²) in [7, 11) is 3.79. The van der Waals surface area contributed by atoms with Crippen molar-refractivity contribution >= 4 is 5.91 Å². The van der Waals surface area contributed by atoms with E-state index in [-0.39, 0.29) is 17.0 Å². The number of hydrogen-bond donors (Lipinski definition) is 2. The van der Waals surface area contributed by atoms with E-state index in [2.05, 4.69) is 10.3 Å². The number of pyridine rings is 1. The lowest BCUT2D eigenvalue weighted by atomic mass is 10.3. The van der Waals surface area contributed by atoms with Gasteiger partial charge in [0.25, 0.3) is 5.91 Å². The van der Waals surface area contributed by atoms with Gasteiger partial charge in [0.15, 0.2) is 0 Å². The van der Waals surface area contributed by atoms with Crippen LogP contribution in [0.4, 0.5) is 0 Å². The lowest BCUT2D eigenvalue weighted by Gasteiger charge is -2.10. The predicted molar refractivity (Wildman–Crippen MR) is 63.7 cm³/mol. The Morgan fingerprint density at radius 1 is 1.53 bits per heavy atom. The Kier molecular flexibility index (Phi) is 4.53. The molecule has 2 N–H and O–H groups in total. The van der Waals surface area contributed by atoms with E-state index in [9.17, 15) is 15.2 Å². The molecule has 17 heavy (non-hydrogen) atoms. The number of hydrogen-bond acceptors (Lipinski definition) is 4. The smallest absolute Gasteiger partial charge is 0.267 e. The highest BCUT2D eigenvalue weighted by molar-refractivity contribution is 5.92. The molecule has 0 aliphatic carbocycles. The second-order valence-electron chi connectivity index (χ2n) is 3.78. The van der Waals surface area contributed by atoms with Crippen molar-refractivity contribution in [2.75, 3.05) is 27.2 Å².